The lowest BCUT2D eigenvalue weighted by Crippen LogP contribution is -2.51. The Labute approximate surface area is 183 Å². The van der Waals surface area contributed by atoms with Gasteiger partial charge in [-0.05, 0) is 37.5 Å². The minimum atomic E-state index is -0.260. The summed E-state index contributed by atoms with van der Waals surface area (Å²) in [6.45, 7) is 5.77. The predicted octanol–water partition coefficient (Wildman–Crippen LogP) is 2.70. The fraction of sp³-hybridized carbons (Fsp3) is 0.600. The number of benzene rings is 1. The molecule has 0 bridgehead atoms. The monoisotopic (exact) mass is 504 g/mol. The van der Waals surface area contributed by atoms with Crippen molar-refractivity contribution in [3.8, 4) is 0 Å². The molecule has 2 N–H and O–H groups in total. The molecule has 2 saturated heterocycles. The number of carbonyl (C=O) groups is 1. The number of ether oxygens (including phenoxy) is 1. The van der Waals surface area contributed by atoms with Crippen molar-refractivity contribution >= 4 is 35.8 Å². The van der Waals surface area contributed by atoms with Crippen LogP contribution >= 0.6 is 24.0 Å². The van der Waals surface area contributed by atoms with Gasteiger partial charge in [-0.15, -0.1) is 24.0 Å². The number of methoxy groups -OCH3 is 1. The summed E-state index contributed by atoms with van der Waals surface area (Å²) >= 11 is 0. The van der Waals surface area contributed by atoms with E-state index in [0.29, 0.717) is 13.0 Å². The Bertz CT molecular complexity index is 685. The zero-order chi connectivity index (χ0) is 19.3. The number of hydrogen-bond acceptors (Lipinski definition) is 3. The third-order valence-corrected chi connectivity index (χ3v) is 5.43. The molecule has 2 fully saturated rings. The van der Waals surface area contributed by atoms with E-state index in [2.05, 4.69) is 15.5 Å². The van der Waals surface area contributed by atoms with Crippen molar-refractivity contribution in [1.82, 2.24) is 15.5 Å². The van der Waals surface area contributed by atoms with Crippen LogP contribution < -0.4 is 10.6 Å². The second-order valence-electron chi connectivity index (χ2n) is 7.45. The summed E-state index contributed by atoms with van der Waals surface area (Å²) in [5.74, 6) is 0.735. The average molecular weight is 504 g/mol. The largest absolute Gasteiger partial charge is 0.375 e. The molecule has 1 aromatic rings. The highest BCUT2D eigenvalue weighted by atomic mass is 127. The molecule has 0 radical (unpaired) electrons. The number of aliphatic imine (C=N–C) groups is 1. The molecule has 6 nitrogen and oxygen atoms in total. The third kappa shape index (κ3) is 5.56. The first-order chi connectivity index (χ1) is 13.0. The quantitative estimate of drug-likeness (QED) is 0.368. The smallest absolute Gasteiger partial charge is 0.220 e. The van der Waals surface area contributed by atoms with Gasteiger partial charge in [0.05, 0.1) is 6.54 Å². The van der Waals surface area contributed by atoms with Crippen molar-refractivity contribution in [2.24, 2.45) is 10.4 Å². The van der Waals surface area contributed by atoms with Crippen molar-refractivity contribution in [3.63, 3.8) is 0 Å². The molecule has 0 aliphatic carbocycles. The normalized spacial score (nSPS) is 23.3. The van der Waals surface area contributed by atoms with Gasteiger partial charge in [0.25, 0.3) is 0 Å². The molecule has 1 amide bonds. The van der Waals surface area contributed by atoms with E-state index in [9.17, 15) is 9.18 Å². The SMILES string of the molecule is CCNC(=NCC(OC)c1ccc(F)cc1)N1CCCC2(CNC(=O)C2)C1.I. The molecule has 2 heterocycles. The Morgan fingerprint density at radius 3 is 2.79 bits per heavy atom. The first-order valence-corrected chi connectivity index (χ1v) is 9.63. The molecule has 0 aromatic heterocycles. The van der Waals surface area contributed by atoms with E-state index in [-0.39, 0.29) is 47.2 Å². The Balaban J connectivity index is 0.00000280. The van der Waals surface area contributed by atoms with Gasteiger partial charge in [0.1, 0.15) is 11.9 Å². The maximum Gasteiger partial charge on any atom is 0.220 e. The van der Waals surface area contributed by atoms with E-state index in [1.54, 1.807) is 19.2 Å². The van der Waals surface area contributed by atoms with E-state index in [4.69, 9.17) is 9.73 Å². The van der Waals surface area contributed by atoms with E-state index >= 15 is 0 Å². The zero-order valence-electron chi connectivity index (χ0n) is 16.5. The fourth-order valence-electron chi connectivity index (χ4n) is 4.02. The first kappa shape index (κ1) is 22.9. The summed E-state index contributed by atoms with van der Waals surface area (Å²) in [5.41, 5.74) is 0.919. The number of nitrogens with zero attached hydrogens (tertiary/aromatic N) is 2. The van der Waals surface area contributed by atoms with Crippen LogP contribution in [-0.2, 0) is 9.53 Å². The summed E-state index contributed by atoms with van der Waals surface area (Å²) in [6.07, 6.45) is 2.48. The van der Waals surface area contributed by atoms with E-state index in [1.807, 2.05) is 6.92 Å². The molecular weight excluding hydrogens is 474 g/mol. The van der Waals surface area contributed by atoms with Gasteiger partial charge >= 0.3 is 0 Å². The number of likely N-dealkylation sites (tertiary alicyclic amines) is 1. The van der Waals surface area contributed by atoms with Crippen LogP contribution in [0.2, 0.25) is 0 Å². The fourth-order valence-corrected chi connectivity index (χ4v) is 4.02. The van der Waals surface area contributed by atoms with Crippen LogP contribution in [-0.4, -0.2) is 56.6 Å². The van der Waals surface area contributed by atoms with Gasteiger partial charge in [-0.3, -0.25) is 9.79 Å². The lowest BCUT2D eigenvalue weighted by atomic mass is 9.79. The van der Waals surface area contributed by atoms with Gasteiger partial charge in [0, 0.05) is 45.1 Å². The number of rotatable bonds is 5. The zero-order valence-corrected chi connectivity index (χ0v) is 18.9. The van der Waals surface area contributed by atoms with Crippen LogP contribution in [0.4, 0.5) is 4.39 Å². The van der Waals surface area contributed by atoms with Gasteiger partial charge in [-0.2, -0.15) is 0 Å². The summed E-state index contributed by atoms with van der Waals surface area (Å²) in [5, 5.41) is 6.35. The summed E-state index contributed by atoms with van der Waals surface area (Å²) in [6, 6.07) is 6.35. The molecule has 0 saturated carbocycles. The van der Waals surface area contributed by atoms with Crippen molar-refractivity contribution in [2.75, 3.05) is 39.8 Å². The van der Waals surface area contributed by atoms with Crippen LogP contribution in [0.5, 0.6) is 0 Å². The highest BCUT2D eigenvalue weighted by molar-refractivity contribution is 14.0. The molecule has 2 aliphatic rings. The van der Waals surface area contributed by atoms with Gasteiger partial charge in [-0.25, -0.2) is 4.39 Å². The number of guanidine groups is 1. The Kier molecular flexibility index (Phi) is 8.48. The van der Waals surface area contributed by atoms with Crippen LogP contribution in [0.25, 0.3) is 0 Å². The third-order valence-electron chi connectivity index (χ3n) is 5.43. The first-order valence-electron chi connectivity index (χ1n) is 9.63. The lowest BCUT2D eigenvalue weighted by molar-refractivity contribution is -0.119. The minimum absolute atomic E-state index is 0. The topological polar surface area (TPSA) is 66.0 Å². The minimum Gasteiger partial charge on any atom is -0.375 e. The van der Waals surface area contributed by atoms with Crippen molar-refractivity contribution < 1.29 is 13.9 Å². The molecular formula is C20H30FIN4O2. The van der Waals surface area contributed by atoms with E-state index in [1.165, 1.54) is 12.1 Å². The van der Waals surface area contributed by atoms with Gasteiger partial charge in [-0.1, -0.05) is 12.1 Å². The average Bonchev–Trinajstić information content (AvgIpc) is 3.02. The Morgan fingerprint density at radius 1 is 1.43 bits per heavy atom. The van der Waals surface area contributed by atoms with Gasteiger partial charge < -0.3 is 20.3 Å². The second kappa shape index (κ2) is 10.4. The number of carbonyl (C=O) groups excluding carboxylic acids is 1. The second-order valence-corrected chi connectivity index (χ2v) is 7.45. The Hall–Kier alpha value is -1.42. The molecule has 2 atom stereocenters. The molecule has 3 rings (SSSR count). The van der Waals surface area contributed by atoms with Crippen molar-refractivity contribution in [1.29, 1.82) is 0 Å². The van der Waals surface area contributed by atoms with E-state index in [0.717, 1.165) is 50.5 Å². The molecule has 8 heteroatoms. The molecule has 156 valence electrons. The predicted molar refractivity (Wildman–Crippen MR) is 118 cm³/mol. The molecule has 2 aliphatic heterocycles. The lowest BCUT2D eigenvalue weighted by Gasteiger charge is -2.41. The summed E-state index contributed by atoms with van der Waals surface area (Å²) in [7, 11) is 1.64. The van der Waals surface area contributed by atoms with Gasteiger partial charge in [0.2, 0.25) is 5.91 Å². The number of amides is 1. The summed E-state index contributed by atoms with van der Waals surface area (Å²) < 4.78 is 18.7. The highest BCUT2D eigenvalue weighted by Crippen LogP contribution is 2.36. The van der Waals surface area contributed by atoms with Crippen LogP contribution in [0.1, 0.15) is 37.9 Å². The summed E-state index contributed by atoms with van der Waals surface area (Å²) in [4.78, 5) is 18.8. The maximum atomic E-state index is 13.2. The van der Waals surface area contributed by atoms with Gasteiger partial charge in [0.15, 0.2) is 5.96 Å². The number of halogens is 2. The Morgan fingerprint density at radius 2 is 2.18 bits per heavy atom. The highest BCUT2D eigenvalue weighted by Gasteiger charge is 2.42. The molecule has 1 spiro atoms. The number of nitrogens with one attached hydrogen (secondary N) is 2. The van der Waals surface area contributed by atoms with Crippen molar-refractivity contribution in [2.45, 2.75) is 32.3 Å². The van der Waals surface area contributed by atoms with E-state index < -0.39 is 0 Å². The standard InChI is InChI=1S/C20H29FN4O2.HI/c1-3-22-19(23-12-17(27-2)15-5-7-16(21)8-6-15)25-10-4-9-20(14-25)11-18(26)24-13-20;/h5-8,17H,3-4,9-14H2,1-2H3,(H,22,23)(H,24,26);1H. The molecule has 1 aromatic carbocycles. The van der Waals surface area contributed by atoms with Crippen molar-refractivity contribution in [3.05, 3.63) is 35.6 Å². The van der Waals surface area contributed by atoms with Crippen LogP contribution in [0.15, 0.2) is 29.3 Å². The van der Waals surface area contributed by atoms with Crippen LogP contribution in [0.3, 0.4) is 0 Å². The molecule has 2 unspecified atom stereocenters. The number of piperidine rings is 1. The molecule has 28 heavy (non-hydrogen) atoms. The number of hydrogen-bond donors (Lipinski definition) is 2. The van der Waals surface area contributed by atoms with Crippen LogP contribution in [0, 0.1) is 11.2 Å². The maximum absolute atomic E-state index is 13.2.